The highest BCUT2D eigenvalue weighted by atomic mass is 14.9. The Hall–Kier alpha value is -1.80. The monoisotopic (exact) mass is 264 g/mol. The third-order valence-corrected chi connectivity index (χ3v) is 4.90. The maximum absolute atomic E-state index is 5.84. The Kier molecular flexibility index (Phi) is 2.78. The van der Waals surface area contributed by atoms with E-state index in [1.54, 1.807) is 0 Å². The number of piperidine rings is 1. The highest BCUT2D eigenvalue weighted by Gasteiger charge is 2.41. The first-order chi connectivity index (χ1) is 9.84. The molecule has 0 amide bonds. The third kappa shape index (κ3) is 1.75. The van der Waals surface area contributed by atoms with E-state index in [-0.39, 0.29) is 0 Å². The topological polar surface area (TPSA) is 38.0 Å². The van der Waals surface area contributed by atoms with Crippen molar-refractivity contribution in [3.8, 4) is 0 Å². The van der Waals surface area contributed by atoms with E-state index in [1.165, 1.54) is 29.5 Å². The molecule has 2 aromatic carbocycles. The van der Waals surface area contributed by atoms with Gasteiger partial charge in [0.1, 0.15) is 0 Å². The van der Waals surface area contributed by atoms with Crippen molar-refractivity contribution in [2.24, 2.45) is 5.92 Å². The van der Waals surface area contributed by atoms with Gasteiger partial charge < -0.3 is 11.1 Å². The number of rotatable bonds is 1. The molecule has 1 aliphatic heterocycles. The van der Waals surface area contributed by atoms with Crippen LogP contribution in [0.1, 0.15) is 41.5 Å². The van der Waals surface area contributed by atoms with Gasteiger partial charge in [-0.05, 0) is 54.1 Å². The molecular formula is C18H20N2. The summed E-state index contributed by atoms with van der Waals surface area (Å²) in [6.45, 7) is 1.14. The van der Waals surface area contributed by atoms with E-state index in [4.69, 9.17) is 5.73 Å². The minimum Gasteiger partial charge on any atom is -0.399 e. The molecule has 20 heavy (non-hydrogen) atoms. The largest absolute Gasteiger partial charge is 0.399 e. The molecule has 1 fully saturated rings. The molecule has 0 radical (unpaired) electrons. The summed E-state index contributed by atoms with van der Waals surface area (Å²) in [5.41, 5.74) is 11.1. The minimum atomic E-state index is 0.518. The second-order valence-electron chi connectivity index (χ2n) is 6.01. The summed E-state index contributed by atoms with van der Waals surface area (Å²) in [4.78, 5) is 0. The second-order valence-corrected chi connectivity index (χ2v) is 6.01. The van der Waals surface area contributed by atoms with E-state index in [0.29, 0.717) is 17.9 Å². The molecule has 1 saturated heterocycles. The Balaban J connectivity index is 1.83. The number of nitrogens with two attached hydrogens (primary N) is 1. The molecule has 2 aliphatic rings. The lowest BCUT2D eigenvalue weighted by atomic mass is 9.80. The van der Waals surface area contributed by atoms with Gasteiger partial charge in [0.05, 0.1) is 0 Å². The van der Waals surface area contributed by atoms with Gasteiger partial charge in [-0.15, -0.1) is 0 Å². The lowest BCUT2D eigenvalue weighted by Gasteiger charge is -2.31. The van der Waals surface area contributed by atoms with Gasteiger partial charge in [0.25, 0.3) is 0 Å². The fraction of sp³-hybridized carbons (Fsp3) is 0.333. The van der Waals surface area contributed by atoms with Crippen LogP contribution in [0.15, 0.2) is 48.5 Å². The maximum Gasteiger partial charge on any atom is 0.0360 e. The lowest BCUT2D eigenvalue weighted by molar-refractivity contribution is 0.287. The average Bonchev–Trinajstić information content (AvgIpc) is 2.83. The highest BCUT2D eigenvalue weighted by Crippen LogP contribution is 2.51. The standard InChI is InChI=1S/C18H20N2/c19-13-9-7-12(8-10-13)17-14-4-1-2-5-15(14)18-16(17)6-3-11-20-18/h1-2,4-5,7-10,16-18,20H,3,6,11,19H2/t16-,17+,18+/m1/s1. The first kappa shape index (κ1) is 12.0. The van der Waals surface area contributed by atoms with Crippen molar-refractivity contribution in [2.45, 2.75) is 24.8 Å². The van der Waals surface area contributed by atoms with Crippen LogP contribution in [0.4, 0.5) is 5.69 Å². The molecule has 102 valence electrons. The van der Waals surface area contributed by atoms with Crippen LogP contribution in [0.3, 0.4) is 0 Å². The number of hydrogen-bond donors (Lipinski definition) is 2. The van der Waals surface area contributed by atoms with Crippen LogP contribution in [-0.4, -0.2) is 6.54 Å². The molecule has 3 N–H and O–H groups in total. The van der Waals surface area contributed by atoms with E-state index in [1.807, 2.05) is 12.1 Å². The van der Waals surface area contributed by atoms with Crippen LogP contribution in [0, 0.1) is 5.92 Å². The third-order valence-electron chi connectivity index (χ3n) is 4.90. The van der Waals surface area contributed by atoms with Gasteiger partial charge in [0, 0.05) is 17.6 Å². The number of hydrogen-bond acceptors (Lipinski definition) is 2. The van der Waals surface area contributed by atoms with Crippen LogP contribution in [0.25, 0.3) is 0 Å². The zero-order valence-corrected chi connectivity index (χ0v) is 11.5. The van der Waals surface area contributed by atoms with Crippen LogP contribution in [0.5, 0.6) is 0 Å². The summed E-state index contributed by atoms with van der Waals surface area (Å²) in [5, 5.41) is 3.72. The van der Waals surface area contributed by atoms with Gasteiger partial charge >= 0.3 is 0 Å². The van der Waals surface area contributed by atoms with Crippen molar-refractivity contribution in [1.29, 1.82) is 0 Å². The van der Waals surface area contributed by atoms with Crippen molar-refractivity contribution in [3.05, 3.63) is 65.2 Å². The Morgan fingerprint density at radius 2 is 1.70 bits per heavy atom. The molecule has 0 spiro atoms. The van der Waals surface area contributed by atoms with Crippen molar-refractivity contribution in [2.75, 3.05) is 12.3 Å². The minimum absolute atomic E-state index is 0.518. The lowest BCUT2D eigenvalue weighted by Crippen LogP contribution is -2.32. The molecule has 3 atom stereocenters. The molecule has 1 aliphatic carbocycles. The predicted molar refractivity (Wildman–Crippen MR) is 82.6 cm³/mol. The van der Waals surface area contributed by atoms with E-state index in [0.717, 1.165) is 12.2 Å². The number of nitrogen functional groups attached to an aromatic ring is 1. The normalized spacial score (nSPS) is 27.9. The first-order valence-electron chi connectivity index (χ1n) is 7.52. The molecule has 0 saturated carbocycles. The van der Waals surface area contributed by atoms with Crippen LogP contribution < -0.4 is 11.1 Å². The van der Waals surface area contributed by atoms with Crippen LogP contribution in [0.2, 0.25) is 0 Å². The molecule has 0 unspecified atom stereocenters. The number of benzene rings is 2. The molecule has 2 heteroatoms. The Labute approximate surface area is 120 Å². The summed E-state index contributed by atoms with van der Waals surface area (Å²) < 4.78 is 0. The molecule has 0 aromatic heterocycles. The summed E-state index contributed by atoms with van der Waals surface area (Å²) >= 11 is 0. The Bertz CT molecular complexity index is 618. The van der Waals surface area contributed by atoms with Crippen molar-refractivity contribution in [3.63, 3.8) is 0 Å². The highest BCUT2D eigenvalue weighted by molar-refractivity contribution is 5.49. The molecule has 0 bridgehead atoms. The quantitative estimate of drug-likeness (QED) is 0.774. The first-order valence-corrected chi connectivity index (χ1v) is 7.52. The van der Waals surface area contributed by atoms with Gasteiger partial charge in [0.15, 0.2) is 0 Å². The number of nitrogens with one attached hydrogen (secondary N) is 1. The maximum atomic E-state index is 5.84. The van der Waals surface area contributed by atoms with Gasteiger partial charge in [-0.3, -0.25) is 0 Å². The summed E-state index contributed by atoms with van der Waals surface area (Å²) in [7, 11) is 0. The van der Waals surface area contributed by atoms with Gasteiger partial charge in [-0.1, -0.05) is 36.4 Å². The number of anilines is 1. The summed E-state index contributed by atoms with van der Waals surface area (Å²) in [6.07, 6.45) is 2.59. The van der Waals surface area contributed by atoms with Crippen molar-refractivity contribution < 1.29 is 0 Å². The number of fused-ring (bicyclic) bond motifs is 3. The van der Waals surface area contributed by atoms with Crippen LogP contribution >= 0.6 is 0 Å². The SMILES string of the molecule is Nc1ccc([C@H]2c3ccccc3[C@@H]3NCCC[C@H]23)cc1. The van der Waals surface area contributed by atoms with E-state index in [2.05, 4.69) is 41.7 Å². The summed E-state index contributed by atoms with van der Waals surface area (Å²) in [6, 6.07) is 17.9. The smallest absolute Gasteiger partial charge is 0.0360 e. The molecule has 2 nitrogen and oxygen atoms in total. The van der Waals surface area contributed by atoms with E-state index >= 15 is 0 Å². The second kappa shape index (κ2) is 4.64. The van der Waals surface area contributed by atoms with Gasteiger partial charge in [-0.25, -0.2) is 0 Å². The zero-order chi connectivity index (χ0) is 13.5. The van der Waals surface area contributed by atoms with Gasteiger partial charge in [-0.2, -0.15) is 0 Å². The fourth-order valence-electron chi connectivity index (χ4n) is 4.05. The zero-order valence-electron chi connectivity index (χ0n) is 11.5. The van der Waals surface area contributed by atoms with Gasteiger partial charge in [0.2, 0.25) is 0 Å². The molecular weight excluding hydrogens is 244 g/mol. The Morgan fingerprint density at radius 1 is 0.950 bits per heavy atom. The summed E-state index contributed by atoms with van der Waals surface area (Å²) in [5.74, 6) is 1.20. The predicted octanol–water partition coefficient (Wildman–Crippen LogP) is 3.46. The molecule has 1 heterocycles. The van der Waals surface area contributed by atoms with Crippen molar-refractivity contribution >= 4 is 5.69 Å². The van der Waals surface area contributed by atoms with Crippen LogP contribution in [-0.2, 0) is 0 Å². The molecule has 2 aromatic rings. The van der Waals surface area contributed by atoms with E-state index in [9.17, 15) is 0 Å². The molecule has 4 rings (SSSR count). The Morgan fingerprint density at radius 3 is 2.50 bits per heavy atom. The van der Waals surface area contributed by atoms with E-state index < -0.39 is 0 Å². The van der Waals surface area contributed by atoms with Crippen molar-refractivity contribution in [1.82, 2.24) is 5.32 Å². The average molecular weight is 264 g/mol. The fourth-order valence-corrected chi connectivity index (χ4v) is 4.05.